The fraction of sp³-hybridized carbons (Fsp3) is 0.500. The normalized spacial score (nSPS) is 12.7. The molecule has 0 saturated heterocycles. The lowest BCUT2D eigenvalue weighted by Crippen LogP contribution is -2.12. The van der Waals surface area contributed by atoms with Gasteiger partial charge >= 0.3 is 0 Å². The first-order valence-electron chi connectivity index (χ1n) is 5.41. The predicted molar refractivity (Wildman–Crippen MR) is 61.1 cm³/mol. The summed E-state index contributed by atoms with van der Waals surface area (Å²) in [6.45, 7) is 2.71. The van der Waals surface area contributed by atoms with E-state index in [0.29, 0.717) is 6.54 Å². The standard InChI is InChI=1S/C12H19NO2/c1-2-3-4-10(8-13)9-5-6-11(14)12(15)7-9/h5-7,10,14-15H,2-4,8,13H2,1H3. The van der Waals surface area contributed by atoms with Crippen LogP contribution in [0.15, 0.2) is 18.2 Å². The molecule has 0 aliphatic carbocycles. The second kappa shape index (κ2) is 5.61. The van der Waals surface area contributed by atoms with E-state index >= 15 is 0 Å². The second-order valence-corrected chi connectivity index (χ2v) is 3.82. The topological polar surface area (TPSA) is 66.5 Å². The van der Waals surface area contributed by atoms with Gasteiger partial charge in [-0.15, -0.1) is 0 Å². The van der Waals surface area contributed by atoms with Gasteiger partial charge in [-0.2, -0.15) is 0 Å². The lowest BCUT2D eigenvalue weighted by atomic mass is 9.93. The first-order valence-corrected chi connectivity index (χ1v) is 5.41. The van der Waals surface area contributed by atoms with Crippen LogP contribution in [-0.2, 0) is 0 Å². The Balaban J connectivity index is 2.78. The fourth-order valence-electron chi connectivity index (χ4n) is 1.67. The Kier molecular flexibility index (Phi) is 4.43. The van der Waals surface area contributed by atoms with E-state index in [1.54, 1.807) is 6.07 Å². The van der Waals surface area contributed by atoms with Crippen LogP contribution in [0.2, 0.25) is 0 Å². The summed E-state index contributed by atoms with van der Waals surface area (Å²) < 4.78 is 0. The summed E-state index contributed by atoms with van der Waals surface area (Å²) >= 11 is 0. The molecule has 0 amide bonds. The van der Waals surface area contributed by atoms with Gasteiger partial charge in [-0.1, -0.05) is 25.8 Å². The Hall–Kier alpha value is -1.22. The molecule has 1 aromatic rings. The highest BCUT2D eigenvalue weighted by Crippen LogP contribution is 2.30. The number of hydrogen-bond acceptors (Lipinski definition) is 3. The molecule has 3 nitrogen and oxygen atoms in total. The van der Waals surface area contributed by atoms with Gasteiger partial charge < -0.3 is 15.9 Å². The Morgan fingerprint density at radius 3 is 2.53 bits per heavy atom. The van der Waals surface area contributed by atoms with Crippen LogP contribution in [0.5, 0.6) is 11.5 Å². The molecule has 0 aromatic heterocycles. The van der Waals surface area contributed by atoms with Crippen molar-refractivity contribution in [1.82, 2.24) is 0 Å². The lowest BCUT2D eigenvalue weighted by Gasteiger charge is -2.15. The van der Waals surface area contributed by atoms with Crippen LogP contribution in [0.25, 0.3) is 0 Å². The minimum absolute atomic E-state index is 0.0672. The Labute approximate surface area is 90.5 Å². The molecule has 0 radical (unpaired) electrons. The summed E-state index contributed by atoms with van der Waals surface area (Å²) in [6.07, 6.45) is 3.29. The summed E-state index contributed by atoms with van der Waals surface area (Å²) in [7, 11) is 0. The highest BCUT2D eigenvalue weighted by atomic mass is 16.3. The second-order valence-electron chi connectivity index (χ2n) is 3.82. The van der Waals surface area contributed by atoms with E-state index in [1.165, 1.54) is 6.07 Å². The van der Waals surface area contributed by atoms with Gasteiger partial charge in [-0.25, -0.2) is 0 Å². The monoisotopic (exact) mass is 209 g/mol. The van der Waals surface area contributed by atoms with Crippen LogP contribution in [0.4, 0.5) is 0 Å². The third-order valence-corrected chi connectivity index (χ3v) is 2.66. The van der Waals surface area contributed by atoms with Crippen molar-refractivity contribution in [1.29, 1.82) is 0 Å². The third kappa shape index (κ3) is 3.13. The van der Waals surface area contributed by atoms with Gasteiger partial charge in [0, 0.05) is 0 Å². The average Bonchev–Trinajstić information content (AvgIpc) is 2.24. The molecule has 3 heteroatoms. The molecule has 4 N–H and O–H groups in total. The van der Waals surface area contributed by atoms with Crippen LogP contribution in [-0.4, -0.2) is 16.8 Å². The Morgan fingerprint density at radius 2 is 2.00 bits per heavy atom. The van der Waals surface area contributed by atoms with Crippen molar-refractivity contribution >= 4 is 0 Å². The van der Waals surface area contributed by atoms with Gasteiger partial charge in [0.05, 0.1) is 0 Å². The van der Waals surface area contributed by atoms with Gasteiger partial charge in [0.15, 0.2) is 11.5 Å². The SMILES string of the molecule is CCCCC(CN)c1ccc(O)c(O)c1. The minimum atomic E-state index is -0.0787. The maximum absolute atomic E-state index is 9.38. The Bertz CT molecular complexity index is 312. The van der Waals surface area contributed by atoms with Gasteiger partial charge in [-0.05, 0) is 36.6 Å². The molecule has 15 heavy (non-hydrogen) atoms. The van der Waals surface area contributed by atoms with Crippen molar-refractivity contribution in [2.45, 2.75) is 32.1 Å². The average molecular weight is 209 g/mol. The quantitative estimate of drug-likeness (QED) is 0.652. The highest BCUT2D eigenvalue weighted by molar-refractivity contribution is 5.41. The van der Waals surface area contributed by atoms with Crippen LogP contribution in [0, 0.1) is 0 Å². The van der Waals surface area contributed by atoms with E-state index in [9.17, 15) is 10.2 Å². The maximum Gasteiger partial charge on any atom is 0.157 e. The van der Waals surface area contributed by atoms with Crippen molar-refractivity contribution in [2.24, 2.45) is 5.73 Å². The van der Waals surface area contributed by atoms with Crippen molar-refractivity contribution < 1.29 is 10.2 Å². The number of rotatable bonds is 5. The summed E-state index contributed by atoms with van der Waals surface area (Å²) in [5.41, 5.74) is 6.69. The molecule has 1 aromatic carbocycles. The van der Waals surface area contributed by atoms with Crippen molar-refractivity contribution in [3.63, 3.8) is 0 Å². The number of phenolic OH excluding ortho intramolecular Hbond substituents is 2. The lowest BCUT2D eigenvalue weighted by molar-refractivity contribution is 0.402. The van der Waals surface area contributed by atoms with Crippen molar-refractivity contribution in [3.05, 3.63) is 23.8 Å². The third-order valence-electron chi connectivity index (χ3n) is 2.66. The molecule has 0 spiro atoms. The molecule has 0 aliphatic rings. The van der Waals surface area contributed by atoms with Crippen molar-refractivity contribution in [2.75, 3.05) is 6.54 Å². The number of unbranched alkanes of at least 4 members (excludes halogenated alkanes) is 1. The zero-order valence-corrected chi connectivity index (χ0v) is 9.11. The van der Waals surface area contributed by atoms with Crippen molar-refractivity contribution in [3.8, 4) is 11.5 Å². The van der Waals surface area contributed by atoms with Gasteiger partial charge in [0.25, 0.3) is 0 Å². The molecule has 0 fully saturated rings. The summed E-state index contributed by atoms with van der Waals surface area (Å²) in [4.78, 5) is 0. The zero-order chi connectivity index (χ0) is 11.3. The van der Waals surface area contributed by atoms with Gasteiger partial charge in [0.1, 0.15) is 0 Å². The molecule has 0 aliphatic heterocycles. The molecule has 0 heterocycles. The maximum atomic E-state index is 9.38. The largest absolute Gasteiger partial charge is 0.504 e. The molecule has 1 atom stereocenters. The van der Waals surface area contributed by atoms with Crippen LogP contribution >= 0.6 is 0 Å². The number of benzene rings is 1. The molecule has 1 rings (SSSR count). The molecule has 84 valence electrons. The first kappa shape index (κ1) is 11.9. The van der Waals surface area contributed by atoms with Gasteiger partial charge in [0.2, 0.25) is 0 Å². The predicted octanol–water partition coefficient (Wildman–Crippen LogP) is 2.33. The van der Waals surface area contributed by atoms with E-state index in [4.69, 9.17) is 5.73 Å². The molecular formula is C12H19NO2. The number of nitrogens with two attached hydrogens (primary N) is 1. The smallest absolute Gasteiger partial charge is 0.157 e. The van der Waals surface area contributed by atoms with E-state index in [-0.39, 0.29) is 17.4 Å². The van der Waals surface area contributed by atoms with Crippen LogP contribution in [0.1, 0.15) is 37.7 Å². The minimum Gasteiger partial charge on any atom is -0.504 e. The van der Waals surface area contributed by atoms with E-state index in [2.05, 4.69) is 6.92 Å². The first-order chi connectivity index (χ1) is 7.19. The van der Waals surface area contributed by atoms with Crippen LogP contribution in [0.3, 0.4) is 0 Å². The molecule has 0 bridgehead atoms. The number of hydrogen-bond donors (Lipinski definition) is 3. The summed E-state index contributed by atoms with van der Waals surface area (Å²) in [5, 5.41) is 18.6. The van der Waals surface area contributed by atoms with Gasteiger partial charge in [-0.3, -0.25) is 0 Å². The van der Waals surface area contributed by atoms with E-state index in [1.807, 2.05) is 6.07 Å². The highest BCUT2D eigenvalue weighted by Gasteiger charge is 2.11. The molecule has 1 unspecified atom stereocenters. The number of aromatic hydroxyl groups is 2. The zero-order valence-electron chi connectivity index (χ0n) is 9.11. The molecule has 0 saturated carbocycles. The summed E-state index contributed by atoms with van der Waals surface area (Å²) in [6, 6.07) is 4.93. The number of phenols is 2. The summed E-state index contributed by atoms with van der Waals surface area (Å²) in [5.74, 6) is 0.129. The fourth-order valence-corrected chi connectivity index (χ4v) is 1.67. The molecular weight excluding hydrogens is 190 g/mol. The Morgan fingerprint density at radius 1 is 1.27 bits per heavy atom. The van der Waals surface area contributed by atoms with E-state index < -0.39 is 0 Å². The van der Waals surface area contributed by atoms with E-state index in [0.717, 1.165) is 24.8 Å². The van der Waals surface area contributed by atoms with Crippen LogP contribution < -0.4 is 5.73 Å².